The minimum absolute atomic E-state index is 0.0504. The maximum atomic E-state index is 12.7. The first-order chi connectivity index (χ1) is 10.7. The van der Waals surface area contributed by atoms with E-state index in [4.69, 9.17) is 5.53 Å². The number of hydrogen-bond donors (Lipinski definition) is 0. The second-order valence-electron chi connectivity index (χ2n) is 5.01. The lowest BCUT2D eigenvalue weighted by Crippen LogP contribution is -2.19. The smallest absolute Gasteiger partial charge is 0.262 e. The van der Waals surface area contributed by atoms with Crippen molar-refractivity contribution >= 4 is 27.8 Å². The summed E-state index contributed by atoms with van der Waals surface area (Å²) in [7, 11) is 1.55. The molecule has 110 valence electrons. The predicted octanol–water partition coefficient (Wildman–Crippen LogP) is 3.38. The van der Waals surface area contributed by atoms with E-state index in [1.54, 1.807) is 7.05 Å². The Hall–Kier alpha value is -2.92. The zero-order valence-electron chi connectivity index (χ0n) is 12.3. The van der Waals surface area contributed by atoms with E-state index in [2.05, 4.69) is 20.0 Å². The summed E-state index contributed by atoms with van der Waals surface area (Å²) in [6.07, 6.45) is 1.59. The average Bonchev–Trinajstić information content (AvgIpc) is 2.52. The number of aryl methyl sites for hydroxylation is 1. The van der Waals surface area contributed by atoms with Gasteiger partial charge in [0.2, 0.25) is 0 Å². The maximum Gasteiger partial charge on any atom is 0.262 e. The van der Waals surface area contributed by atoms with Gasteiger partial charge >= 0.3 is 0 Å². The first kappa shape index (κ1) is 14.0. The van der Waals surface area contributed by atoms with Crippen LogP contribution in [0.4, 0.5) is 5.95 Å². The topological polar surface area (TPSA) is 96.5 Å². The van der Waals surface area contributed by atoms with Gasteiger partial charge in [-0.25, -0.2) is 4.98 Å². The number of hydrogen-bond acceptors (Lipinski definition) is 4. The Morgan fingerprint density at radius 3 is 2.82 bits per heavy atom. The van der Waals surface area contributed by atoms with Crippen molar-refractivity contribution in [2.45, 2.75) is 19.8 Å². The van der Waals surface area contributed by atoms with Crippen molar-refractivity contribution in [2.75, 3.05) is 0 Å². The second-order valence-corrected chi connectivity index (χ2v) is 5.01. The molecule has 0 saturated heterocycles. The van der Waals surface area contributed by atoms with E-state index >= 15 is 0 Å². The predicted molar refractivity (Wildman–Crippen MR) is 85.1 cm³/mol. The summed E-state index contributed by atoms with van der Waals surface area (Å²) in [5.41, 5.74) is 10.5. The molecule has 0 amide bonds. The number of para-hydroxylation sites is 1. The van der Waals surface area contributed by atoms with Crippen molar-refractivity contribution in [1.82, 2.24) is 14.5 Å². The van der Waals surface area contributed by atoms with Gasteiger partial charge in [-0.1, -0.05) is 31.5 Å². The summed E-state index contributed by atoms with van der Waals surface area (Å²) in [4.78, 5) is 24.4. The van der Waals surface area contributed by atoms with Crippen molar-refractivity contribution in [3.8, 4) is 0 Å². The van der Waals surface area contributed by atoms with Crippen LogP contribution >= 0.6 is 0 Å². The molecular weight excluding hydrogens is 280 g/mol. The van der Waals surface area contributed by atoms with Gasteiger partial charge in [0.15, 0.2) is 5.95 Å². The molecule has 0 unspecified atom stereocenters. The zero-order valence-corrected chi connectivity index (χ0v) is 12.3. The highest BCUT2D eigenvalue weighted by Crippen LogP contribution is 2.25. The molecule has 1 aromatic carbocycles. The van der Waals surface area contributed by atoms with Crippen LogP contribution in [0, 0.1) is 0 Å². The Bertz CT molecular complexity index is 985. The highest BCUT2D eigenvalue weighted by atomic mass is 16.1. The number of pyridine rings is 1. The largest absolute Gasteiger partial charge is 0.294 e. The molecule has 0 bridgehead atoms. The Balaban J connectivity index is 2.58. The first-order valence-corrected chi connectivity index (χ1v) is 7.00. The van der Waals surface area contributed by atoms with Gasteiger partial charge in [-0.2, -0.15) is 0 Å². The molecule has 3 aromatic rings. The fourth-order valence-corrected chi connectivity index (χ4v) is 2.56. The van der Waals surface area contributed by atoms with Crippen LogP contribution in [0.5, 0.6) is 0 Å². The van der Waals surface area contributed by atoms with Crippen LogP contribution in [0.3, 0.4) is 0 Å². The molecule has 0 aliphatic rings. The van der Waals surface area contributed by atoms with Crippen molar-refractivity contribution in [3.63, 3.8) is 0 Å². The normalized spacial score (nSPS) is 10.8. The number of benzene rings is 1. The maximum absolute atomic E-state index is 12.7. The molecule has 0 spiro atoms. The van der Waals surface area contributed by atoms with Gasteiger partial charge in [-0.15, -0.1) is 0 Å². The minimum Gasteiger partial charge on any atom is -0.294 e. The lowest BCUT2D eigenvalue weighted by molar-refractivity contribution is 0.835. The monoisotopic (exact) mass is 294 g/mol. The molecule has 7 nitrogen and oxygen atoms in total. The quantitative estimate of drug-likeness (QED) is 0.320. The van der Waals surface area contributed by atoms with Crippen molar-refractivity contribution in [1.29, 1.82) is 0 Å². The Morgan fingerprint density at radius 2 is 2.09 bits per heavy atom. The standard InChI is InChI=1S/C15H14N6O/c1-3-6-11-13-12(9-7-4-5-8-10(9)17-11)14(22)21(2)15(18-13)19-20-16/h4-5,7-8H,3,6H2,1-2H3. The summed E-state index contributed by atoms with van der Waals surface area (Å²) in [6.45, 7) is 2.04. The van der Waals surface area contributed by atoms with E-state index in [0.717, 1.165) is 23.0 Å². The minimum atomic E-state index is -0.233. The molecule has 0 fully saturated rings. The van der Waals surface area contributed by atoms with Crippen LogP contribution < -0.4 is 5.56 Å². The highest BCUT2D eigenvalue weighted by Gasteiger charge is 2.15. The molecule has 0 radical (unpaired) electrons. The van der Waals surface area contributed by atoms with Gasteiger partial charge in [-0.05, 0) is 23.1 Å². The summed E-state index contributed by atoms with van der Waals surface area (Å²) >= 11 is 0. The lowest BCUT2D eigenvalue weighted by Gasteiger charge is -2.10. The van der Waals surface area contributed by atoms with Crippen molar-refractivity contribution < 1.29 is 0 Å². The molecule has 3 rings (SSSR count). The SMILES string of the molecule is CCCc1nc2ccccc2c2c(=O)n(C)c(N=[N+]=[N-])nc12. The van der Waals surface area contributed by atoms with E-state index < -0.39 is 0 Å². The molecule has 2 aromatic heterocycles. The molecule has 0 N–H and O–H groups in total. The Morgan fingerprint density at radius 1 is 1.32 bits per heavy atom. The summed E-state index contributed by atoms with van der Waals surface area (Å²) in [6, 6.07) is 7.50. The number of nitrogens with zero attached hydrogens (tertiary/aromatic N) is 6. The molecule has 0 aliphatic heterocycles. The number of rotatable bonds is 3. The van der Waals surface area contributed by atoms with Crippen LogP contribution in [-0.2, 0) is 13.5 Å². The number of aromatic nitrogens is 3. The van der Waals surface area contributed by atoms with Crippen LogP contribution in [0.15, 0.2) is 34.2 Å². The van der Waals surface area contributed by atoms with Gasteiger partial charge in [0.1, 0.15) is 5.52 Å². The van der Waals surface area contributed by atoms with E-state index in [1.807, 2.05) is 31.2 Å². The van der Waals surface area contributed by atoms with Gasteiger partial charge in [0.25, 0.3) is 5.56 Å². The second kappa shape index (κ2) is 5.46. The van der Waals surface area contributed by atoms with Crippen molar-refractivity contribution in [3.05, 3.63) is 50.8 Å². The van der Waals surface area contributed by atoms with Crippen LogP contribution in [-0.4, -0.2) is 14.5 Å². The highest BCUT2D eigenvalue weighted by molar-refractivity contribution is 6.04. The Kier molecular flexibility index (Phi) is 3.48. The van der Waals surface area contributed by atoms with E-state index in [0.29, 0.717) is 17.3 Å². The molecule has 2 heterocycles. The van der Waals surface area contributed by atoms with E-state index in [9.17, 15) is 4.79 Å². The molecule has 0 atom stereocenters. The van der Waals surface area contributed by atoms with Crippen LogP contribution in [0.2, 0.25) is 0 Å². The fourth-order valence-electron chi connectivity index (χ4n) is 2.56. The third-order valence-electron chi connectivity index (χ3n) is 3.59. The summed E-state index contributed by atoms with van der Waals surface area (Å²) in [5, 5.41) is 4.79. The van der Waals surface area contributed by atoms with Crippen LogP contribution in [0.25, 0.3) is 32.2 Å². The van der Waals surface area contributed by atoms with Gasteiger partial charge in [0.05, 0.1) is 16.6 Å². The molecule has 7 heteroatoms. The van der Waals surface area contributed by atoms with Crippen molar-refractivity contribution in [2.24, 2.45) is 12.2 Å². The zero-order chi connectivity index (χ0) is 15.7. The third kappa shape index (κ3) is 2.08. The van der Waals surface area contributed by atoms with Gasteiger partial charge in [-0.3, -0.25) is 14.3 Å². The summed E-state index contributed by atoms with van der Waals surface area (Å²) in [5.74, 6) is 0.0504. The molecular formula is C15H14N6O. The Labute approximate surface area is 125 Å². The van der Waals surface area contributed by atoms with Gasteiger partial charge in [0, 0.05) is 17.3 Å². The van der Waals surface area contributed by atoms with Crippen LogP contribution in [0.1, 0.15) is 19.0 Å². The average molecular weight is 294 g/mol. The van der Waals surface area contributed by atoms with E-state index in [-0.39, 0.29) is 11.5 Å². The first-order valence-electron chi connectivity index (χ1n) is 7.00. The molecule has 0 aliphatic carbocycles. The number of fused-ring (bicyclic) bond motifs is 3. The number of azide groups is 1. The molecule has 22 heavy (non-hydrogen) atoms. The summed E-state index contributed by atoms with van der Waals surface area (Å²) < 4.78 is 1.27. The van der Waals surface area contributed by atoms with Gasteiger partial charge < -0.3 is 0 Å². The lowest BCUT2D eigenvalue weighted by atomic mass is 10.1. The third-order valence-corrected chi connectivity index (χ3v) is 3.59. The van der Waals surface area contributed by atoms with E-state index in [1.165, 1.54) is 4.57 Å². The fraction of sp³-hybridized carbons (Fsp3) is 0.267. The molecule has 0 saturated carbocycles.